The molecule has 1 N–H and O–H groups in total. The second kappa shape index (κ2) is 7.85. The number of halogens is 2. The van der Waals surface area contributed by atoms with Crippen LogP contribution in [0.3, 0.4) is 0 Å². The summed E-state index contributed by atoms with van der Waals surface area (Å²) in [5.74, 6) is 0.471. The minimum Gasteiger partial charge on any atom is -0.323 e. The van der Waals surface area contributed by atoms with Crippen LogP contribution in [-0.4, -0.2) is 41.0 Å². The summed E-state index contributed by atoms with van der Waals surface area (Å²) in [5.41, 5.74) is 0.362. The van der Waals surface area contributed by atoms with E-state index in [0.29, 0.717) is 35.3 Å². The Morgan fingerprint density at radius 3 is 2.46 bits per heavy atom. The summed E-state index contributed by atoms with van der Waals surface area (Å²) in [6.07, 6.45) is 3.33. The van der Waals surface area contributed by atoms with Crippen LogP contribution in [-0.2, 0) is 11.3 Å². The van der Waals surface area contributed by atoms with Crippen molar-refractivity contribution in [3.63, 3.8) is 0 Å². The first-order valence-corrected chi connectivity index (χ1v) is 10.5. The van der Waals surface area contributed by atoms with Crippen LogP contribution in [0.4, 0.5) is 4.79 Å². The zero-order valence-corrected chi connectivity index (χ0v) is 18.5. The van der Waals surface area contributed by atoms with Gasteiger partial charge >= 0.3 is 6.03 Å². The fraction of sp³-hybridized carbons (Fsp3) is 0.619. The van der Waals surface area contributed by atoms with E-state index >= 15 is 0 Å². The van der Waals surface area contributed by atoms with Crippen molar-refractivity contribution < 1.29 is 9.59 Å². The fourth-order valence-electron chi connectivity index (χ4n) is 4.37. The molecule has 1 spiro atoms. The molecule has 1 aromatic rings. The zero-order valence-electron chi connectivity index (χ0n) is 17.0. The minimum absolute atomic E-state index is 0.103. The van der Waals surface area contributed by atoms with Crippen molar-refractivity contribution in [2.75, 3.05) is 13.7 Å². The minimum atomic E-state index is -0.729. The van der Waals surface area contributed by atoms with Crippen LogP contribution in [0, 0.1) is 11.3 Å². The first-order chi connectivity index (χ1) is 13.0. The topological polar surface area (TPSA) is 52.6 Å². The van der Waals surface area contributed by atoms with Crippen molar-refractivity contribution in [2.45, 2.75) is 58.5 Å². The molecule has 2 fully saturated rings. The van der Waals surface area contributed by atoms with Gasteiger partial charge in [0.2, 0.25) is 0 Å². The van der Waals surface area contributed by atoms with Gasteiger partial charge in [-0.05, 0) is 55.7 Å². The van der Waals surface area contributed by atoms with Gasteiger partial charge in [-0.1, -0.05) is 56.1 Å². The van der Waals surface area contributed by atoms with Gasteiger partial charge in [-0.3, -0.25) is 9.69 Å². The molecule has 1 aromatic carbocycles. The summed E-state index contributed by atoms with van der Waals surface area (Å²) < 4.78 is 0. The highest BCUT2D eigenvalue weighted by Gasteiger charge is 2.53. The van der Waals surface area contributed by atoms with Crippen LogP contribution in [0.5, 0.6) is 0 Å². The molecule has 1 heterocycles. The van der Waals surface area contributed by atoms with Crippen molar-refractivity contribution in [3.05, 3.63) is 33.8 Å². The zero-order chi connectivity index (χ0) is 20.7. The third-order valence-corrected chi connectivity index (χ3v) is 7.02. The molecule has 0 aromatic heterocycles. The Labute approximate surface area is 177 Å². The van der Waals surface area contributed by atoms with Crippen molar-refractivity contribution >= 4 is 35.1 Å². The molecule has 28 heavy (non-hydrogen) atoms. The van der Waals surface area contributed by atoms with Crippen LogP contribution in [0.2, 0.25) is 10.0 Å². The van der Waals surface area contributed by atoms with E-state index in [0.717, 1.165) is 18.4 Å². The van der Waals surface area contributed by atoms with Gasteiger partial charge in [0.15, 0.2) is 0 Å². The molecule has 1 saturated carbocycles. The lowest BCUT2D eigenvalue weighted by Gasteiger charge is -2.40. The largest absolute Gasteiger partial charge is 0.326 e. The van der Waals surface area contributed by atoms with E-state index in [-0.39, 0.29) is 24.0 Å². The van der Waals surface area contributed by atoms with Gasteiger partial charge in [0, 0.05) is 6.54 Å². The monoisotopic (exact) mass is 425 g/mol. The molecule has 154 valence electrons. The Morgan fingerprint density at radius 1 is 1.21 bits per heavy atom. The second-order valence-electron chi connectivity index (χ2n) is 9.25. The lowest BCUT2D eigenvalue weighted by molar-refractivity contribution is -0.134. The predicted octanol–water partition coefficient (Wildman–Crippen LogP) is 4.91. The van der Waals surface area contributed by atoms with Gasteiger partial charge in [0.1, 0.15) is 5.54 Å². The standard InChI is InChI=1S/C21H29Cl2N3O2/c1-20(2,3)15-8-10-21(11-9-15)18(27)26(19(28)24-21)13-25(4)12-14-6-5-7-16(22)17(14)23/h5-7,15H,8-13H2,1-4H3,(H,24,28). The lowest BCUT2D eigenvalue weighted by atomic mass is 9.67. The number of amides is 3. The molecule has 1 aliphatic carbocycles. The van der Waals surface area contributed by atoms with Crippen LogP contribution >= 0.6 is 23.2 Å². The van der Waals surface area contributed by atoms with Gasteiger partial charge in [-0.25, -0.2) is 9.69 Å². The molecule has 1 saturated heterocycles. The van der Waals surface area contributed by atoms with Gasteiger partial charge in [-0.2, -0.15) is 0 Å². The highest BCUT2D eigenvalue weighted by atomic mass is 35.5. The molecule has 2 aliphatic rings. The van der Waals surface area contributed by atoms with Gasteiger partial charge < -0.3 is 5.32 Å². The summed E-state index contributed by atoms with van der Waals surface area (Å²) in [4.78, 5) is 28.9. The number of carbonyl (C=O) groups excluding carboxylic acids is 2. The van der Waals surface area contributed by atoms with E-state index in [1.807, 2.05) is 24.1 Å². The third-order valence-electron chi connectivity index (χ3n) is 6.16. The quantitative estimate of drug-likeness (QED) is 0.697. The first-order valence-electron chi connectivity index (χ1n) is 9.79. The normalized spacial score (nSPS) is 25.7. The number of nitrogens with zero attached hydrogens (tertiary/aromatic N) is 2. The molecule has 0 atom stereocenters. The Bertz CT molecular complexity index is 767. The van der Waals surface area contributed by atoms with Crippen LogP contribution in [0.25, 0.3) is 0 Å². The lowest BCUT2D eigenvalue weighted by Crippen LogP contribution is -2.51. The highest BCUT2D eigenvalue weighted by molar-refractivity contribution is 6.42. The number of rotatable bonds is 4. The van der Waals surface area contributed by atoms with Gasteiger partial charge in [0.05, 0.1) is 16.7 Å². The summed E-state index contributed by atoms with van der Waals surface area (Å²) in [7, 11) is 1.86. The Hall–Kier alpha value is -1.30. The molecule has 5 nitrogen and oxygen atoms in total. The summed E-state index contributed by atoms with van der Waals surface area (Å²) in [5, 5.41) is 4.00. The highest BCUT2D eigenvalue weighted by Crippen LogP contribution is 2.43. The molecule has 1 aliphatic heterocycles. The summed E-state index contributed by atoms with van der Waals surface area (Å²) in [6.45, 7) is 7.44. The molecule has 3 amide bonds. The van der Waals surface area contributed by atoms with Crippen molar-refractivity contribution in [2.24, 2.45) is 11.3 Å². The van der Waals surface area contributed by atoms with E-state index in [4.69, 9.17) is 23.2 Å². The van der Waals surface area contributed by atoms with Crippen molar-refractivity contribution in [1.29, 1.82) is 0 Å². The average Bonchev–Trinajstić information content (AvgIpc) is 2.83. The van der Waals surface area contributed by atoms with Crippen LogP contribution in [0.1, 0.15) is 52.0 Å². The maximum Gasteiger partial charge on any atom is 0.326 e. The SMILES string of the molecule is CN(Cc1cccc(Cl)c1Cl)CN1C(=O)NC2(CCC(C(C)(C)C)CC2)C1=O. The molecule has 0 unspecified atom stereocenters. The van der Waals surface area contributed by atoms with Crippen LogP contribution in [0.15, 0.2) is 18.2 Å². The molecular weight excluding hydrogens is 397 g/mol. The predicted molar refractivity (Wildman–Crippen MR) is 112 cm³/mol. The van der Waals surface area contributed by atoms with E-state index in [1.54, 1.807) is 6.07 Å². The number of nitrogens with one attached hydrogen (secondary N) is 1. The maximum absolute atomic E-state index is 13.1. The number of imide groups is 1. The van der Waals surface area contributed by atoms with Gasteiger partial charge in [-0.15, -0.1) is 0 Å². The number of hydrogen-bond acceptors (Lipinski definition) is 3. The summed E-state index contributed by atoms with van der Waals surface area (Å²) in [6, 6.07) is 5.17. The fourth-order valence-corrected chi connectivity index (χ4v) is 4.75. The van der Waals surface area contributed by atoms with E-state index in [2.05, 4.69) is 26.1 Å². The van der Waals surface area contributed by atoms with Crippen molar-refractivity contribution in [1.82, 2.24) is 15.1 Å². The Kier molecular flexibility index (Phi) is 6.00. The van der Waals surface area contributed by atoms with Crippen molar-refractivity contribution in [3.8, 4) is 0 Å². The molecule has 0 bridgehead atoms. The summed E-state index contributed by atoms with van der Waals surface area (Å²) >= 11 is 12.3. The Balaban J connectivity index is 1.65. The molecule has 0 radical (unpaired) electrons. The molecule has 7 heteroatoms. The van der Waals surface area contributed by atoms with E-state index in [9.17, 15) is 9.59 Å². The molecule has 3 rings (SSSR count). The smallest absolute Gasteiger partial charge is 0.323 e. The van der Waals surface area contributed by atoms with Gasteiger partial charge in [0.25, 0.3) is 5.91 Å². The second-order valence-corrected chi connectivity index (χ2v) is 10.0. The number of carbonyl (C=O) groups is 2. The number of urea groups is 1. The van der Waals surface area contributed by atoms with Crippen LogP contribution < -0.4 is 5.32 Å². The molecular formula is C21H29Cl2N3O2. The third kappa shape index (κ3) is 4.17. The average molecular weight is 426 g/mol. The number of benzene rings is 1. The maximum atomic E-state index is 13.1. The first kappa shape index (κ1) is 21.4. The van der Waals surface area contributed by atoms with E-state index in [1.165, 1.54) is 4.90 Å². The number of hydrogen-bond donors (Lipinski definition) is 1. The Morgan fingerprint density at radius 2 is 1.86 bits per heavy atom. The van der Waals surface area contributed by atoms with E-state index < -0.39 is 5.54 Å².